The first-order chi connectivity index (χ1) is 14.5. The number of aliphatic carboxylic acids is 1. The average Bonchev–Trinajstić information content (AvgIpc) is 2.64. The summed E-state index contributed by atoms with van der Waals surface area (Å²) in [7, 11) is 0. The highest BCUT2D eigenvalue weighted by molar-refractivity contribution is 5.73. The highest BCUT2D eigenvalue weighted by Crippen LogP contribution is 2.35. The Morgan fingerprint density at radius 1 is 0.906 bits per heavy atom. The van der Waals surface area contributed by atoms with E-state index in [1.54, 1.807) is 39.0 Å². The summed E-state index contributed by atoms with van der Waals surface area (Å²) in [6.07, 6.45) is -9.19. The van der Waals surface area contributed by atoms with E-state index in [0.717, 1.165) is 12.1 Å². The predicted molar refractivity (Wildman–Crippen MR) is 101 cm³/mol. The van der Waals surface area contributed by atoms with Gasteiger partial charge in [-0.25, -0.2) is 9.59 Å². The van der Waals surface area contributed by atoms with Crippen LogP contribution < -0.4 is 0 Å². The van der Waals surface area contributed by atoms with Gasteiger partial charge in [-0.05, 0) is 50.6 Å². The smallest absolute Gasteiger partial charge is 0.475 e. The van der Waals surface area contributed by atoms with Gasteiger partial charge in [0.05, 0.1) is 11.3 Å². The van der Waals surface area contributed by atoms with Crippen molar-refractivity contribution in [1.82, 2.24) is 9.88 Å². The van der Waals surface area contributed by atoms with Gasteiger partial charge in [0.2, 0.25) is 0 Å². The third-order valence-electron chi connectivity index (χ3n) is 3.95. The molecule has 1 aromatic carbocycles. The topological polar surface area (TPSA) is 90.7 Å². The number of hydrogen-bond donors (Lipinski definition) is 2. The molecule has 1 atom stereocenters. The number of aromatic nitrogens is 1. The van der Waals surface area contributed by atoms with Crippen molar-refractivity contribution in [3.05, 3.63) is 65.5 Å². The molecule has 0 saturated carbocycles. The second-order valence-electron chi connectivity index (χ2n) is 7.40. The molecule has 12 heteroatoms. The van der Waals surface area contributed by atoms with Crippen LogP contribution in [0.1, 0.15) is 43.6 Å². The summed E-state index contributed by atoms with van der Waals surface area (Å²) < 4.78 is 70.1. The largest absolute Gasteiger partial charge is 0.490 e. The number of alkyl halides is 6. The summed E-state index contributed by atoms with van der Waals surface area (Å²) in [4.78, 5) is 26.2. The molecule has 6 nitrogen and oxygen atoms in total. The monoisotopic (exact) mass is 466 g/mol. The maximum atomic E-state index is 12.8. The molecule has 0 fully saturated rings. The quantitative estimate of drug-likeness (QED) is 0.575. The van der Waals surface area contributed by atoms with E-state index in [9.17, 15) is 36.2 Å². The third kappa shape index (κ3) is 7.43. The summed E-state index contributed by atoms with van der Waals surface area (Å²) in [5.74, 6) is -2.76. The van der Waals surface area contributed by atoms with Gasteiger partial charge < -0.3 is 10.2 Å². The van der Waals surface area contributed by atoms with Gasteiger partial charge in [-0.15, -0.1) is 0 Å². The van der Waals surface area contributed by atoms with Crippen molar-refractivity contribution in [2.45, 2.75) is 44.7 Å². The minimum absolute atomic E-state index is 0.420. The van der Waals surface area contributed by atoms with Crippen molar-refractivity contribution in [1.29, 1.82) is 0 Å². The zero-order valence-electron chi connectivity index (χ0n) is 17.1. The van der Waals surface area contributed by atoms with Gasteiger partial charge in [0, 0.05) is 11.7 Å². The first kappa shape index (κ1) is 26.7. The molecule has 0 unspecified atom stereocenters. The number of halogens is 6. The van der Waals surface area contributed by atoms with Crippen molar-refractivity contribution < 1.29 is 46.1 Å². The molecule has 1 aromatic heterocycles. The van der Waals surface area contributed by atoms with Gasteiger partial charge in [0.1, 0.15) is 6.04 Å². The van der Waals surface area contributed by atoms with Crippen molar-refractivity contribution >= 4 is 12.1 Å². The van der Waals surface area contributed by atoms with Crippen LogP contribution >= 0.6 is 0 Å². The Bertz CT molecular complexity index is 907. The zero-order chi connectivity index (χ0) is 24.9. The Kier molecular flexibility index (Phi) is 8.25. The molecule has 0 saturated heterocycles. The minimum atomic E-state index is -5.08. The maximum absolute atomic E-state index is 12.8. The minimum Gasteiger partial charge on any atom is -0.475 e. The Hall–Kier alpha value is -3.31. The van der Waals surface area contributed by atoms with Crippen LogP contribution in [-0.4, -0.2) is 43.9 Å². The molecular weight excluding hydrogens is 446 g/mol. The molecule has 0 aliphatic heterocycles. The van der Waals surface area contributed by atoms with E-state index in [-0.39, 0.29) is 0 Å². The fraction of sp³-hybridized carbons (Fsp3) is 0.350. The first-order valence-corrected chi connectivity index (χ1v) is 8.86. The van der Waals surface area contributed by atoms with Gasteiger partial charge >= 0.3 is 24.4 Å². The number of nitrogens with zero attached hydrogens (tertiary/aromatic N) is 2. The van der Waals surface area contributed by atoms with Gasteiger partial charge in [-0.2, -0.15) is 26.3 Å². The zero-order valence-corrected chi connectivity index (χ0v) is 17.1. The number of carbonyl (C=O) groups is 2. The fourth-order valence-electron chi connectivity index (χ4n) is 2.63. The number of hydrogen-bond acceptors (Lipinski definition) is 3. The van der Waals surface area contributed by atoms with E-state index in [4.69, 9.17) is 9.90 Å². The fourth-order valence-corrected chi connectivity index (χ4v) is 2.63. The first-order valence-electron chi connectivity index (χ1n) is 8.86. The lowest BCUT2D eigenvalue weighted by Gasteiger charge is -2.39. The van der Waals surface area contributed by atoms with Crippen molar-refractivity contribution in [2.24, 2.45) is 0 Å². The molecule has 1 amide bonds. The molecule has 2 rings (SSSR count). The lowest BCUT2D eigenvalue weighted by molar-refractivity contribution is -0.192. The van der Waals surface area contributed by atoms with Crippen LogP contribution in [-0.2, 0) is 11.0 Å². The van der Waals surface area contributed by atoms with Crippen LogP contribution in [0.15, 0.2) is 48.7 Å². The molecule has 0 aliphatic carbocycles. The number of amides is 1. The van der Waals surface area contributed by atoms with Crippen molar-refractivity contribution in [3.63, 3.8) is 0 Å². The van der Waals surface area contributed by atoms with Crippen LogP contribution in [0, 0.1) is 0 Å². The standard InChI is InChI=1S/C18H19F3N2O2.C2HF3O2/c1-17(2,3)23(16(24)25)15(14-6-4-5-11-22-14)12-7-9-13(10-8-12)18(19,20)21;3-2(4,5)1(6)7/h4-11,15H,1-3H3,(H,24,25);(H,6,7)/t15-;/m0./s1. The van der Waals surface area contributed by atoms with E-state index in [2.05, 4.69) is 4.98 Å². The molecule has 32 heavy (non-hydrogen) atoms. The SMILES string of the molecule is CC(C)(C)N(C(=O)O)[C@@H](c1ccc(C(F)(F)F)cc1)c1ccccn1.O=C(O)C(F)(F)F. The molecule has 0 bridgehead atoms. The van der Waals surface area contributed by atoms with E-state index < -0.39 is 41.6 Å². The number of rotatable bonds is 3. The molecule has 176 valence electrons. The van der Waals surface area contributed by atoms with Crippen LogP contribution in [0.5, 0.6) is 0 Å². The second-order valence-corrected chi connectivity index (χ2v) is 7.40. The summed E-state index contributed by atoms with van der Waals surface area (Å²) in [6, 6.07) is 8.73. The van der Waals surface area contributed by atoms with Gasteiger partial charge in [0.25, 0.3) is 0 Å². The summed E-state index contributed by atoms with van der Waals surface area (Å²) in [5, 5.41) is 16.8. The average molecular weight is 466 g/mol. The molecular formula is C20H20F6N2O4. The molecule has 0 aliphatic rings. The van der Waals surface area contributed by atoms with Crippen LogP contribution in [0.3, 0.4) is 0 Å². The maximum Gasteiger partial charge on any atom is 0.490 e. The Labute approximate surface area is 179 Å². The van der Waals surface area contributed by atoms with Crippen LogP contribution in [0.25, 0.3) is 0 Å². The van der Waals surface area contributed by atoms with Crippen molar-refractivity contribution in [3.8, 4) is 0 Å². The second kappa shape index (κ2) is 9.88. The van der Waals surface area contributed by atoms with Gasteiger partial charge in [-0.3, -0.25) is 9.88 Å². The predicted octanol–water partition coefficient (Wildman–Crippen LogP) is 5.60. The van der Waals surface area contributed by atoms with E-state index in [1.807, 2.05) is 0 Å². The van der Waals surface area contributed by atoms with E-state index in [0.29, 0.717) is 11.3 Å². The molecule has 0 spiro atoms. The van der Waals surface area contributed by atoms with Crippen LogP contribution in [0.2, 0.25) is 0 Å². The van der Waals surface area contributed by atoms with E-state index in [1.165, 1.54) is 23.2 Å². The van der Waals surface area contributed by atoms with Crippen LogP contribution in [0.4, 0.5) is 31.1 Å². The van der Waals surface area contributed by atoms with E-state index >= 15 is 0 Å². The number of carboxylic acid groups (broad SMARTS) is 2. The summed E-state index contributed by atoms with van der Waals surface area (Å²) >= 11 is 0. The summed E-state index contributed by atoms with van der Waals surface area (Å²) in [6.45, 7) is 5.17. The Morgan fingerprint density at radius 3 is 1.72 bits per heavy atom. The third-order valence-corrected chi connectivity index (χ3v) is 3.95. The highest BCUT2D eigenvalue weighted by atomic mass is 19.4. The van der Waals surface area contributed by atoms with Gasteiger partial charge in [0.15, 0.2) is 0 Å². The lowest BCUT2D eigenvalue weighted by Crippen LogP contribution is -2.47. The van der Waals surface area contributed by atoms with Crippen molar-refractivity contribution in [2.75, 3.05) is 0 Å². The lowest BCUT2D eigenvalue weighted by atomic mass is 9.95. The molecule has 1 heterocycles. The molecule has 2 N–H and O–H groups in total. The highest BCUT2D eigenvalue weighted by Gasteiger charge is 2.38. The Morgan fingerprint density at radius 2 is 1.41 bits per heavy atom. The normalized spacial score (nSPS) is 12.9. The molecule has 0 radical (unpaired) electrons. The number of pyridine rings is 1. The summed E-state index contributed by atoms with van der Waals surface area (Å²) in [5.41, 5.74) is -0.700. The Balaban J connectivity index is 0.000000633. The number of carboxylic acids is 1. The number of benzene rings is 1. The van der Waals surface area contributed by atoms with Gasteiger partial charge in [-0.1, -0.05) is 18.2 Å². The molecule has 2 aromatic rings.